The van der Waals surface area contributed by atoms with Crippen LogP contribution in [0.1, 0.15) is 55.1 Å². The summed E-state index contributed by atoms with van der Waals surface area (Å²) in [4.78, 5) is 29.2. The van der Waals surface area contributed by atoms with Crippen LogP contribution in [0.3, 0.4) is 0 Å². The van der Waals surface area contributed by atoms with Gasteiger partial charge in [0.05, 0.1) is 18.5 Å². The van der Waals surface area contributed by atoms with Gasteiger partial charge < -0.3 is 19.2 Å². The second kappa shape index (κ2) is 8.75. The first-order valence-electron chi connectivity index (χ1n) is 11.6. The minimum atomic E-state index is -1.08. The Bertz CT molecular complexity index is 1160. The summed E-state index contributed by atoms with van der Waals surface area (Å²) in [5, 5.41) is 3.84. The molecule has 0 spiro atoms. The van der Waals surface area contributed by atoms with E-state index in [1.54, 1.807) is 17.2 Å². The fourth-order valence-corrected chi connectivity index (χ4v) is 5.24. The van der Waals surface area contributed by atoms with E-state index in [2.05, 4.69) is 5.32 Å². The summed E-state index contributed by atoms with van der Waals surface area (Å²) in [5.74, 6) is 0.350. The highest BCUT2D eigenvalue weighted by atomic mass is 35.5. The van der Waals surface area contributed by atoms with E-state index in [9.17, 15) is 9.59 Å². The molecule has 2 aliphatic rings. The molecule has 1 aliphatic heterocycles. The minimum absolute atomic E-state index is 0.125. The van der Waals surface area contributed by atoms with Gasteiger partial charge in [-0.05, 0) is 55.7 Å². The lowest BCUT2D eigenvalue weighted by atomic mass is 9.91. The van der Waals surface area contributed by atoms with Crippen molar-refractivity contribution >= 4 is 23.4 Å². The van der Waals surface area contributed by atoms with Crippen LogP contribution in [0.15, 0.2) is 59.2 Å². The van der Waals surface area contributed by atoms with E-state index in [0.29, 0.717) is 23.0 Å². The van der Waals surface area contributed by atoms with Gasteiger partial charge in [0, 0.05) is 17.6 Å². The second-order valence-corrected chi connectivity index (χ2v) is 9.64. The average molecular weight is 466 g/mol. The lowest BCUT2D eigenvalue weighted by Crippen LogP contribution is -2.64. The van der Waals surface area contributed by atoms with Gasteiger partial charge >= 0.3 is 0 Å². The van der Waals surface area contributed by atoms with Crippen molar-refractivity contribution in [3.63, 3.8) is 0 Å². The highest BCUT2D eigenvalue weighted by molar-refractivity contribution is 6.31. The molecule has 1 N–H and O–H groups in total. The highest BCUT2D eigenvalue weighted by Gasteiger charge is 2.48. The number of nitrogens with one attached hydrogen (secondary N) is 1. The third-order valence-electron chi connectivity index (χ3n) is 7.00. The second-order valence-electron chi connectivity index (χ2n) is 9.23. The number of fused-ring (bicyclic) bond motifs is 1. The molecule has 0 radical (unpaired) electrons. The van der Waals surface area contributed by atoms with E-state index in [1.807, 2.05) is 54.0 Å². The van der Waals surface area contributed by atoms with Crippen molar-refractivity contribution in [3.8, 4) is 11.5 Å². The number of furan rings is 1. The maximum absolute atomic E-state index is 13.8. The molecular weight excluding hydrogens is 438 g/mol. The fraction of sp³-hybridized carbons (Fsp3) is 0.385. The first kappa shape index (κ1) is 21.8. The van der Waals surface area contributed by atoms with Crippen LogP contribution < -0.4 is 5.32 Å². The largest absolute Gasteiger partial charge is 0.463 e. The van der Waals surface area contributed by atoms with E-state index in [-0.39, 0.29) is 24.4 Å². The number of carbonyl (C=O) groups is 2. The molecule has 1 saturated carbocycles. The van der Waals surface area contributed by atoms with Gasteiger partial charge in [0.15, 0.2) is 0 Å². The van der Waals surface area contributed by atoms with Crippen molar-refractivity contribution in [1.82, 2.24) is 14.8 Å². The number of aromatic nitrogens is 1. The lowest BCUT2D eigenvalue weighted by Gasteiger charge is -2.45. The van der Waals surface area contributed by atoms with Crippen LogP contribution in [0.4, 0.5) is 0 Å². The smallest absolute Gasteiger partial charge is 0.271 e. The Morgan fingerprint density at radius 2 is 1.85 bits per heavy atom. The molecule has 1 fully saturated rings. The summed E-state index contributed by atoms with van der Waals surface area (Å²) in [7, 11) is 0. The average Bonchev–Trinajstić information content (AvgIpc) is 3.48. The summed E-state index contributed by atoms with van der Waals surface area (Å²) in [5.41, 5.74) is 1.06. The van der Waals surface area contributed by atoms with Gasteiger partial charge in [-0.15, -0.1) is 0 Å². The Morgan fingerprint density at radius 3 is 2.58 bits per heavy atom. The van der Waals surface area contributed by atoms with Crippen molar-refractivity contribution < 1.29 is 14.0 Å². The van der Waals surface area contributed by atoms with E-state index in [4.69, 9.17) is 16.0 Å². The number of benzene rings is 1. The molecule has 3 aromatic rings. The summed E-state index contributed by atoms with van der Waals surface area (Å²) in [6.07, 6.45) is 7.01. The van der Waals surface area contributed by atoms with Crippen LogP contribution in [0.25, 0.3) is 11.5 Å². The van der Waals surface area contributed by atoms with Crippen molar-refractivity contribution in [2.75, 3.05) is 0 Å². The zero-order valence-electron chi connectivity index (χ0n) is 18.7. The number of amides is 2. The Labute approximate surface area is 198 Å². The first-order valence-corrected chi connectivity index (χ1v) is 11.9. The molecule has 2 amide bonds. The van der Waals surface area contributed by atoms with Gasteiger partial charge in [-0.3, -0.25) is 9.59 Å². The predicted molar refractivity (Wildman–Crippen MR) is 127 cm³/mol. The van der Waals surface area contributed by atoms with Crippen LogP contribution in [-0.2, 0) is 17.9 Å². The molecule has 7 heteroatoms. The summed E-state index contributed by atoms with van der Waals surface area (Å²) in [6, 6.07) is 15.0. The zero-order valence-corrected chi connectivity index (χ0v) is 19.5. The maximum atomic E-state index is 13.8. The van der Waals surface area contributed by atoms with Crippen molar-refractivity contribution in [2.45, 2.75) is 63.7 Å². The summed E-state index contributed by atoms with van der Waals surface area (Å²) >= 11 is 6.44. The molecule has 1 aliphatic carbocycles. The molecule has 0 bridgehead atoms. The molecule has 1 aromatic carbocycles. The molecule has 3 heterocycles. The Balaban J connectivity index is 1.54. The normalized spacial score (nSPS) is 21.2. The number of nitrogens with zero attached hydrogens (tertiary/aromatic N) is 2. The van der Waals surface area contributed by atoms with Crippen molar-refractivity contribution in [2.24, 2.45) is 0 Å². The highest BCUT2D eigenvalue weighted by Crippen LogP contribution is 2.35. The Morgan fingerprint density at radius 1 is 1.09 bits per heavy atom. The van der Waals surface area contributed by atoms with E-state index >= 15 is 0 Å². The lowest BCUT2D eigenvalue weighted by molar-refractivity contribution is -0.134. The first-order chi connectivity index (χ1) is 16.0. The number of rotatable bonds is 5. The zero-order chi connectivity index (χ0) is 23.0. The van der Waals surface area contributed by atoms with Crippen LogP contribution in [0, 0.1) is 0 Å². The van der Waals surface area contributed by atoms with Gasteiger partial charge in [0.2, 0.25) is 5.91 Å². The van der Waals surface area contributed by atoms with Gasteiger partial charge in [-0.1, -0.05) is 49.1 Å². The van der Waals surface area contributed by atoms with E-state index in [0.717, 1.165) is 36.9 Å². The molecule has 6 nitrogen and oxygen atoms in total. The molecule has 172 valence electrons. The van der Waals surface area contributed by atoms with E-state index < -0.39 is 5.54 Å². The van der Waals surface area contributed by atoms with Crippen LogP contribution in [0.5, 0.6) is 0 Å². The number of hydrogen-bond donors (Lipinski definition) is 1. The van der Waals surface area contributed by atoms with Gasteiger partial charge in [-0.25, -0.2) is 0 Å². The van der Waals surface area contributed by atoms with Gasteiger partial charge in [0.25, 0.3) is 5.91 Å². The van der Waals surface area contributed by atoms with Gasteiger partial charge in [-0.2, -0.15) is 0 Å². The topological polar surface area (TPSA) is 67.5 Å². The molecule has 5 rings (SSSR count). The number of hydrogen-bond acceptors (Lipinski definition) is 3. The van der Waals surface area contributed by atoms with Gasteiger partial charge in [0.1, 0.15) is 17.0 Å². The monoisotopic (exact) mass is 465 g/mol. The number of carbonyl (C=O) groups excluding carboxylic acids is 2. The molecule has 0 unspecified atom stereocenters. The Hall–Kier alpha value is -2.99. The van der Waals surface area contributed by atoms with Crippen LogP contribution >= 0.6 is 11.6 Å². The minimum Gasteiger partial charge on any atom is -0.463 e. The Kier molecular flexibility index (Phi) is 5.79. The molecule has 1 atom stereocenters. The van der Waals surface area contributed by atoms with Crippen LogP contribution in [-0.4, -0.2) is 32.9 Å². The third kappa shape index (κ3) is 3.97. The maximum Gasteiger partial charge on any atom is 0.271 e. The third-order valence-corrected chi connectivity index (χ3v) is 7.36. The summed E-state index contributed by atoms with van der Waals surface area (Å²) in [6.45, 7) is 2.45. The standard InChI is InChI=1S/C26H28ClN3O3/c1-26(25(32)28-19-9-3-2-4-10-19)17-29-21(23-12-7-15-33-23)13-14-22(29)24(31)30(26)16-18-8-5-6-11-20(18)27/h5-8,11-15,19H,2-4,9-10,16-17H2,1H3,(H,28,32)/t26-/m0/s1. The van der Waals surface area contributed by atoms with Crippen LogP contribution in [0.2, 0.25) is 5.02 Å². The van der Waals surface area contributed by atoms with Crippen molar-refractivity contribution in [1.29, 1.82) is 0 Å². The van der Waals surface area contributed by atoms with Crippen molar-refractivity contribution in [3.05, 3.63) is 71.1 Å². The molecular formula is C26H28ClN3O3. The SMILES string of the molecule is C[C@@]1(C(=O)NC2CCCCC2)Cn2c(ccc2-c2ccco2)C(=O)N1Cc1ccccc1Cl. The van der Waals surface area contributed by atoms with E-state index in [1.165, 1.54) is 6.42 Å². The number of halogens is 1. The predicted octanol–water partition coefficient (Wildman–Crippen LogP) is 5.27. The quantitative estimate of drug-likeness (QED) is 0.558. The summed E-state index contributed by atoms with van der Waals surface area (Å²) < 4.78 is 7.51. The molecule has 0 saturated heterocycles. The molecule has 2 aromatic heterocycles. The fourth-order valence-electron chi connectivity index (χ4n) is 5.05. The molecule has 33 heavy (non-hydrogen) atoms.